The van der Waals surface area contributed by atoms with Gasteiger partial charge in [-0.15, -0.1) is 11.3 Å². The molecule has 0 unspecified atom stereocenters. The molecule has 0 saturated carbocycles. The lowest BCUT2D eigenvalue weighted by Gasteiger charge is -2.11. The number of hydrogen-bond donors (Lipinski definition) is 0. The summed E-state index contributed by atoms with van der Waals surface area (Å²) in [6, 6.07) is 60.6. The Morgan fingerprint density at radius 3 is 1.96 bits per heavy atom. The van der Waals surface area contributed by atoms with Crippen LogP contribution in [0.3, 0.4) is 0 Å². The molecule has 6 heteroatoms. The number of furan rings is 1. The Balaban J connectivity index is 1.13. The minimum Gasteiger partial charge on any atom is -0.452 e. The Morgan fingerprint density at radius 2 is 1.12 bits per heavy atom. The molecule has 0 radical (unpaired) electrons. The number of aromatic nitrogens is 4. The summed E-state index contributed by atoms with van der Waals surface area (Å²) in [5, 5.41) is 10.7. The zero-order chi connectivity index (χ0) is 36.5. The third kappa shape index (κ3) is 4.08. The highest BCUT2D eigenvalue weighted by molar-refractivity contribution is 7.26. The predicted octanol–water partition coefficient (Wildman–Crippen LogP) is 13.8. The average molecular weight is 733 g/mol. The fourth-order valence-electron chi connectivity index (χ4n) is 9.04. The third-order valence-electron chi connectivity index (χ3n) is 11.5. The molecule has 0 bridgehead atoms. The number of thiophene rings is 1. The van der Waals surface area contributed by atoms with Gasteiger partial charge in [0.05, 0.1) is 22.1 Å². The summed E-state index contributed by atoms with van der Waals surface area (Å²) in [5.41, 5.74) is 9.56. The molecule has 0 amide bonds. The molecule has 8 aromatic carbocycles. The van der Waals surface area contributed by atoms with Crippen LogP contribution in [0.2, 0.25) is 0 Å². The fourth-order valence-corrected chi connectivity index (χ4v) is 10.3. The fraction of sp³-hybridized carbons (Fsp3) is 0. The van der Waals surface area contributed by atoms with Crippen LogP contribution in [0.4, 0.5) is 0 Å². The molecule has 5 heterocycles. The number of nitrogens with zero attached hydrogens (tertiary/aromatic N) is 4. The molecule has 0 aliphatic carbocycles. The zero-order valence-corrected chi connectivity index (χ0v) is 30.6. The van der Waals surface area contributed by atoms with Crippen molar-refractivity contribution in [1.29, 1.82) is 0 Å². The van der Waals surface area contributed by atoms with Crippen LogP contribution in [-0.2, 0) is 0 Å². The number of hydrogen-bond acceptors (Lipinski definition) is 4. The lowest BCUT2D eigenvalue weighted by Crippen LogP contribution is -2.03. The van der Waals surface area contributed by atoms with Crippen molar-refractivity contribution in [2.75, 3.05) is 0 Å². The quantitative estimate of drug-likeness (QED) is 0.182. The summed E-state index contributed by atoms with van der Waals surface area (Å²) in [6.45, 7) is 0. The van der Waals surface area contributed by atoms with E-state index in [1.165, 1.54) is 47.1 Å². The summed E-state index contributed by atoms with van der Waals surface area (Å²) in [5.74, 6) is 0.611. The molecule has 56 heavy (non-hydrogen) atoms. The Morgan fingerprint density at radius 1 is 0.446 bits per heavy atom. The molecule has 0 spiro atoms. The molecule has 5 nitrogen and oxygen atoms in total. The Hall–Kier alpha value is -7.28. The summed E-state index contributed by atoms with van der Waals surface area (Å²) in [7, 11) is 0. The van der Waals surface area contributed by atoms with E-state index in [-0.39, 0.29) is 0 Å². The number of fused-ring (bicyclic) bond motifs is 14. The van der Waals surface area contributed by atoms with Gasteiger partial charge < -0.3 is 8.98 Å². The van der Waals surface area contributed by atoms with E-state index in [9.17, 15) is 0 Å². The number of rotatable bonds is 3. The SMILES string of the molecule is c1ccc(-n2c3ccccc3c3cc(-c4nc(-n5c6ccccc6c6cc7ccc8c9ccccc9sc8c7cc65)nc5c4oc4ccccc45)ccc32)cc1. The summed E-state index contributed by atoms with van der Waals surface area (Å²) in [6.07, 6.45) is 0. The second-order valence-corrected chi connectivity index (χ2v) is 15.6. The Kier molecular flexibility index (Phi) is 5.98. The van der Waals surface area contributed by atoms with Crippen LogP contribution in [-0.4, -0.2) is 19.1 Å². The van der Waals surface area contributed by atoms with Gasteiger partial charge in [0.2, 0.25) is 5.95 Å². The molecule has 13 aromatic rings. The molecule has 0 fully saturated rings. The molecule has 0 aliphatic heterocycles. The van der Waals surface area contributed by atoms with Crippen molar-refractivity contribution in [3.05, 3.63) is 170 Å². The van der Waals surface area contributed by atoms with Crippen molar-refractivity contribution in [3.8, 4) is 22.9 Å². The lowest BCUT2D eigenvalue weighted by atomic mass is 10.0. The number of benzene rings is 8. The van der Waals surface area contributed by atoms with Crippen LogP contribution in [0.1, 0.15) is 0 Å². The van der Waals surface area contributed by atoms with Crippen molar-refractivity contribution >= 4 is 108 Å². The van der Waals surface area contributed by atoms with Gasteiger partial charge in [-0.1, -0.05) is 103 Å². The average Bonchev–Trinajstić information content (AvgIpc) is 4.00. The van der Waals surface area contributed by atoms with E-state index in [0.29, 0.717) is 11.5 Å². The Bertz CT molecular complexity index is 3770. The van der Waals surface area contributed by atoms with Gasteiger partial charge in [0.1, 0.15) is 16.8 Å². The molecule has 0 atom stereocenters. The van der Waals surface area contributed by atoms with E-state index < -0.39 is 0 Å². The van der Waals surface area contributed by atoms with E-state index in [1.54, 1.807) is 0 Å². The maximum Gasteiger partial charge on any atom is 0.236 e. The second-order valence-electron chi connectivity index (χ2n) is 14.6. The largest absolute Gasteiger partial charge is 0.452 e. The normalized spacial score (nSPS) is 12.3. The van der Waals surface area contributed by atoms with Crippen LogP contribution >= 0.6 is 11.3 Å². The first kappa shape index (κ1) is 30.1. The van der Waals surface area contributed by atoms with Gasteiger partial charge in [0.25, 0.3) is 0 Å². The molecule has 0 saturated heterocycles. The smallest absolute Gasteiger partial charge is 0.236 e. The van der Waals surface area contributed by atoms with E-state index >= 15 is 0 Å². The van der Waals surface area contributed by atoms with Crippen molar-refractivity contribution in [3.63, 3.8) is 0 Å². The summed E-state index contributed by atoms with van der Waals surface area (Å²) < 4.78 is 13.8. The van der Waals surface area contributed by atoms with E-state index in [0.717, 1.165) is 60.9 Å². The minimum atomic E-state index is 0.611. The van der Waals surface area contributed by atoms with Gasteiger partial charge in [-0.3, -0.25) is 4.57 Å². The second kappa shape index (κ2) is 11.1. The molecular weight excluding hydrogens is 705 g/mol. The summed E-state index contributed by atoms with van der Waals surface area (Å²) >= 11 is 1.86. The minimum absolute atomic E-state index is 0.611. The van der Waals surface area contributed by atoms with E-state index in [2.05, 4.69) is 161 Å². The topological polar surface area (TPSA) is 48.8 Å². The molecular formula is C50H28N4OS. The van der Waals surface area contributed by atoms with Gasteiger partial charge >= 0.3 is 0 Å². The van der Waals surface area contributed by atoms with Gasteiger partial charge in [-0.25, -0.2) is 9.97 Å². The monoisotopic (exact) mass is 732 g/mol. The van der Waals surface area contributed by atoms with E-state index in [1.807, 2.05) is 29.5 Å². The van der Waals surface area contributed by atoms with Crippen LogP contribution in [0.15, 0.2) is 174 Å². The van der Waals surface area contributed by atoms with Gasteiger partial charge in [-0.05, 0) is 72.1 Å². The van der Waals surface area contributed by atoms with Crippen molar-refractivity contribution < 1.29 is 4.42 Å². The molecule has 0 N–H and O–H groups in total. The van der Waals surface area contributed by atoms with Crippen molar-refractivity contribution in [1.82, 2.24) is 19.1 Å². The third-order valence-corrected chi connectivity index (χ3v) is 12.7. The predicted molar refractivity (Wildman–Crippen MR) is 234 cm³/mol. The highest BCUT2D eigenvalue weighted by atomic mass is 32.1. The van der Waals surface area contributed by atoms with Crippen molar-refractivity contribution in [2.45, 2.75) is 0 Å². The summed E-state index contributed by atoms with van der Waals surface area (Å²) in [4.78, 5) is 10.9. The zero-order valence-electron chi connectivity index (χ0n) is 29.8. The highest BCUT2D eigenvalue weighted by Crippen LogP contribution is 2.43. The lowest BCUT2D eigenvalue weighted by molar-refractivity contribution is 0.666. The highest BCUT2D eigenvalue weighted by Gasteiger charge is 2.23. The first-order chi connectivity index (χ1) is 27.8. The molecule has 260 valence electrons. The van der Waals surface area contributed by atoms with E-state index in [4.69, 9.17) is 14.4 Å². The Labute approximate surface area is 322 Å². The first-order valence-electron chi connectivity index (χ1n) is 18.8. The molecule has 0 aliphatic rings. The molecule has 5 aromatic heterocycles. The molecule has 13 rings (SSSR count). The van der Waals surface area contributed by atoms with Gasteiger partial charge in [0.15, 0.2) is 5.58 Å². The number of para-hydroxylation sites is 4. The van der Waals surface area contributed by atoms with Crippen LogP contribution < -0.4 is 0 Å². The van der Waals surface area contributed by atoms with Gasteiger partial charge in [-0.2, -0.15) is 0 Å². The van der Waals surface area contributed by atoms with Crippen LogP contribution in [0.5, 0.6) is 0 Å². The van der Waals surface area contributed by atoms with Crippen LogP contribution in [0.25, 0.3) is 120 Å². The van der Waals surface area contributed by atoms with Crippen LogP contribution in [0, 0.1) is 0 Å². The standard InChI is InChI=1S/C50H28N4OS/c1-2-12-31(13-3-1)53-40-18-8-4-14-32(40)38-27-30(23-25-42(38)53)46-48-47(36-17-6-10-20-44(36)55-48)52-50(51-46)54-41-19-9-5-15-33(41)39-26-29-22-24-35-34-16-7-11-21-45(34)56-49(35)37(29)28-43(39)54/h1-28H. The maximum atomic E-state index is 6.66. The van der Waals surface area contributed by atoms with Gasteiger partial charge in [0, 0.05) is 63.7 Å². The maximum absolute atomic E-state index is 6.66. The van der Waals surface area contributed by atoms with Crippen molar-refractivity contribution in [2.24, 2.45) is 0 Å². The first-order valence-corrected chi connectivity index (χ1v) is 19.6.